The Bertz CT molecular complexity index is 206. The maximum absolute atomic E-state index is 9.55. The van der Waals surface area contributed by atoms with Crippen LogP contribution in [0, 0.1) is 0 Å². The van der Waals surface area contributed by atoms with E-state index in [0.717, 1.165) is 25.5 Å². The molecule has 0 spiro atoms. The topological polar surface area (TPSA) is 51.1 Å². The van der Waals surface area contributed by atoms with Gasteiger partial charge in [0.15, 0.2) is 0 Å². The van der Waals surface area contributed by atoms with Crippen LogP contribution in [-0.2, 0) is 0 Å². The Kier molecular flexibility index (Phi) is 1.90. The number of amidine groups is 1. The van der Waals surface area contributed by atoms with E-state index in [1.54, 1.807) is 0 Å². The van der Waals surface area contributed by atoms with Crippen molar-refractivity contribution in [2.75, 3.05) is 33.2 Å². The highest BCUT2D eigenvalue weighted by Gasteiger charge is 2.27. The first-order chi connectivity index (χ1) is 5.77. The number of β-amino-alcohol motifs (C(OH)–C–C–N with tert-alkyl or cyclic N) is 1. The lowest BCUT2D eigenvalue weighted by atomic mass is 10.3. The van der Waals surface area contributed by atoms with Crippen LogP contribution >= 0.6 is 0 Å². The molecule has 2 heterocycles. The number of hydrogen-bond acceptors (Lipinski definition) is 5. The number of likely N-dealkylation sites (N-methyl/N-ethyl adjacent to an activating group) is 1. The minimum absolute atomic E-state index is 0.397. The highest BCUT2D eigenvalue weighted by atomic mass is 16.3. The van der Waals surface area contributed by atoms with Gasteiger partial charge in [0.2, 0.25) is 0 Å². The van der Waals surface area contributed by atoms with Gasteiger partial charge in [0.1, 0.15) is 12.1 Å². The summed E-state index contributed by atoms with van der Waals surface area (Å²) in [5.74, 6) is 0.947. The molecule has 2 aliphatic rings. The number of aliphatic hydroxyl groups excluding tert-OH is 1. The molecule has 0 aromatic rings. The first-order valence-corrected chi connectivity index (χ1v) is 4.20. The molecule has 0 amide bonds. The maximum Gasteiger partial charge on any atom is 0.147 e. The van der Waals surface area contributed by atoms with Crippen molar-refractivity contribution in [3.8, 4) is 0 Å². The number of rotatable bonds is 0. The summed E-state index contributed by atoms with van der Waals surface area (Å²) in [6.07, 6.45) is -0.397. The van der Waals surface area contributed by atoms with Crippen LogP contribution < -0.4 is 5.43 Å². The Morgan fingerprint density at radius 2 is 2.42 bits per heavy atom. The molecule has 0 aliphatic carbocycles. The highest BCUT2D eigenvalue weighted by Crippen LogP contribution is 2.08. The van der Waals surface area contributed by atoms with E-state index in [-0.39, 0.29) is 0 Å². The molecule has 0 radical (unpaired) electrons. The molecule has 2 aliphatic heterocycles. The van der Waals surface area contributed by atoms with E-state index in [4.69, 9.17) is 0 Å². The average Bonchev–Trinajstić information content (AvgIpc) is 2.04. The molecule has 1 saturated heterocycles. The molecule has 2 N–H and O–H groups in total. The lowest BCUT2D eigenvalue weighted by Crippen LogP contribution is -2.58. The van der Waals surface area contributed by atoms with Gasteiger partial charge in [-0.1, -0.05) is 0 Å². The summed E-state index contributed by atoms with van der Waals surface area (Å²) in [6.45, 7) is 3.23. The van der Waals surface area contributed by atoms with Crippen LogP contribution in [-0.4, -0.2) is 60.2 Å². The van der Waals surface area contributed by atoms with Gasteiger partial charge in [-0.25, -0.2) is 0 Å². The van der Waals surface area contributed by atoms with E-state index in [1.807, 2.05) is 4.90 Å². The molecule has 0 bridgehead atoms. The minimum Gasteiger partial charge on any atom is -0.372 e. The van der Waals surface area contributed by atoms with Gasteiger partial charge < -0.3 is 15.4 Å². The van der Waals surface area contributed by atoms with Crippen LogP contribution in [0.5, 0.6) is 0 Å². The number of nitrogens with zero attached hydrogens (tertiary/aromatic N) is 3. The molecule has 1 unspecified atom stereocenters. The zero-order valence-electron chi connectivity index (χ0n) is 7.19. The summed E-state index contributed by atoms with van der Waals surface area (Å²) in [4.78, 5) is 4.14. The Balaban J connectivity index is 2.11. The van der Waals surface area contributed by atoms with Crippen LogP contribution in [0.15, 0.2) is 5.10 Å². The van der Waals surface area contributed by atoms with E-state index in [1.165, 1.54) is 0 Å². The lowest BCUT2D eigenvalue weighted by molar-refractivity contribution is 0.0290. The van der Waals surface area contributed by atoms with Crippen LogP contribution in [0.2, 0.25) is 0 Å². The fourth-order valence-corrected chi connectivity index (χ4v) is 1.57. The monoisotopic (exact) mass is 170 g/mol. The second kappa shape index (κ2) is 2.91. The van der Waals surface area contributed by atoms with Crippen molar-refractivity contribution in [2.24, 2.45) is 5.10 Å². The zero-order valence-corrected chi connectivity index (χ0v) is 7.19. The molecule has 5 heteroatoms. The third-order valence-corrected chi connectivity index (χ3v) is 2.31. The maximum atomic E-state index is 9.55. The summed E-state index contributed by atoms with van der Waals surface area (Å²) in [6, 6.07) is 0. The number of hydrazone groups is 1. The molecule has 0 saturated carbocycles. The predicted molar refractivity (Wildman–Crippen MR) is 45.6 cm³/mol. The highest BCUT2D eigenvalue weighted by molar-refractivity contribution is 5.85. The quantitative estimate of drug-likeness (QED) is 0.463. The van der Waals surface area contributed by atoms with Gasteiger partial charge in [0, 0.05) is 13.1 Å². The lowest BCUT2D eigenvalue weighted by Gasteiger charge is -2.40. The second-order valence-electron chi connectivity index (χ2n) is 3.30. The fourth-order valence-electron chi connectivity index (χ4n) is 1.57. The Morgan fingerprint density at radius 1 is 1.58 bits per heavy atom. The van der Waals surface area contributed by atoms with Crippen LogP contribution in [0.4, 0.5) is 0 Å². The Morgan fingerprint density at radius 3 is 3.25 bits per heavy atom. The summed E-state index contributed by atoms with van der Waals surface area (Å²) in [7, 11) is 2.06. The van der Waals surface area contributed by atoms with Gasteiger partial charge in [0.25, 0.3) is 0 Å². The molecule has 68 valence electrons. The molecule has 12 heavy (non-hydrogen) atoms. The number of hydrogen-bond donors (Lipinski definition) is 2. The van der Waals surface area contributed by atoms with E-state index in [0.29, 0.717) is 6.54 Å². The van der Waals surface area contributed by atoms with Crippen molar-refractivity contribution in [3.05, 3.63) is 0 Å². The smallest absolute Gasteiger partial charge is 0.147 e. The first-order valence-electron chi connectivity index (χ1n) is 4.20. The van der Waals surface area contributed by atoms with E-state index >= 15 is 0 Å². The minimum atomic E-state index is -0.397. The number of fused-ring (bicyclic) bond motifs is 1. The van der Waals surface area contributed by atoms with Crippen molar-refractivity contribution in [1.82, 2.24) is 15.2 Å². The number of nitrogens with one attached hydrogen (secondary N) is 1. The molecular formula is C7H14N4O. The largest absolute Gasteiger partial charge is 0.372 e. The summed E-state index contributed by atoms with van der Waals surface area (Å²) >= 11 is 0. The van der Waals surface area contributed by atoms with Crippen LogP contribution in [0.3, 0.4) is 0 Å². The van der Waals surface area contributed by atoms with E-state index in [9.17, 15) is 5.11 Å². The normalized spacial score (nSPS) is 30.7. The van der Waals surface area contributed by atoms with Gasteiger partial charge in [-0.05, 0) is 7.05 Å². The standard InChI is InChI=1S/C7H14N4O/c1-10-2-3-11-6(5-10)9-8-4-7(11)12/h7-8,12H,2-5H2,1H3. The predicted octanol–water partition coefficient (Wildman–Crippen LogP) is -1.53. The van der Waals surface area contributed by atoms with Gasteiger partial charge in [-0.3, -0.25) is 4.90 Å². The van der Waals surface area contributed by atoms with Crippen molar-refractivity contribution in [3.63, 3.8) is 0 Å². The summed E-state index contributed by atoms with van der Waals surface area (Å²) in [5, 5.41) is 13.7. The third-order valence-electron chi connectivity index (χ3n) is 2.31. The van der Waals surface area contributed by atoms with Crippen molar-refractivity contribution in [1.29, 1.82) is 0 Å². The Labute approximate surface area is 71.6 Å². The van der Waals surface area contributed by atoms with Gasteiger partial charge >= 0.3 is 0 Å². The van der Waals surface area contributed by atoms with Crippen molar-refractivity contribution < 1.29 is 5.11 Å². The summed E-state index contributed by atoms with van der Waals surface area (Å²) < 4.78 is 0. The van der Waals surface area contributed by atoms with Crippen molar-refractivity contribution >= 4 is 5.84 Å². The second-order valence-corrected chi connectivity index (χ2v) is 3.30. The van der Waals surface area contributed by atoms with Crippen LogP contribution in [0.1, 0.15) is 0 Å². The van der Waals surface area contributed by atoms with Gasteiger partial charge in [0.05, 0.1) is 13.1 Å². The fraction of sp³-hybridized carbons (Fsp3) is 0.857. The molecule has 5 nitrogen and oxygen atoms in total. The van der Waals surface area contributed by atoms with Crippen molar-refractivity contribution in [2.45, 2.75) is 6.23 Å². The van der Waals surface area contributed by atoms with Gasteiger partial charge in [-0.15, -0.1) is 0 Å². The molecular weight excluding hydrogens is 156 g/mol. The first kappa shape index (κ1) is 7.82. The molecule has 1 fully saturated rings. The summed E-state index contributed by atoms with van der Waals surface area (Å²) in [5.41, 5.74) is 2.82. The number of piperazine rings is 1. The third kappa shape index (κ3) is 1.25. The SMILES string of the molecule is CN1CCN2C(=NNCC2O)C1. The van der Waals surface area contributed by atoms with Gasteiger partial charge in [-0.2, -0.15) is 5.10 Å². The van der Waals surface area contributed by atoms with Crippen LogP contribution in [0.25, 0.3) is 0 Å². The zero-order chi connectivity index (χ0) is 8.55. The molecule has 1 atom stereocenters. The van der Waals surface area contributed by atoms with E-state index in [2.05, 4.69) is 22.5 Å². The average molecular weight is 170 g/mol. The molecule has 0 aromatic carbocycles. The van der Waals surface area contributed by atoms with E-state index < -0.39 is 6.23 Å². The molecule has 2 rings (SSSR count). The molecule has 0 aromatic heterocycles. The Hall–Kier alpha value is -0.810. The number of aliphatic hydroxyl groups is 1.